The van der Waals surface area contributed by atoms with Gasteiger partial charge in [0.25, 0.3) is 0 Å². The van der Waals surface area contributed by atoms with Crippen LogP contribution in [0.5, 0.6) is 5.75 Å². The standard InChI is InChI=1S/C15H25N3O/c1-4-12-11-18(10-6-9-17(2)3)15-13(16)7-5-8-14(15)19-12/h5,7-8,12H,4,6,9-11,16H2,1-3H3. The van der Waals surface area contributed by atoms with E-state index in [1.54, 1.807) is 0 Å². The van der Waals surface area contributed by atoms with E-state index >= 15 is 0 Å². The molecule has 1 aromatic carbocycles. The van der Waals surface area contributed by atoms with Gasteiger partial charge in [0, 0.05) is 6.54 Å². The second kappa shape index (κ2) is 6.15. The van der Waals surface area contributed by atoms with E-state index in [4.69, 9.17) is 10.5 Å². The molecule has 0 amide bonds. The van der Waals surface area contributed by atoms with Crippen LogP contribution in [0.15, 0.2) is 18.2 Å². The Morgan fingerprint density at radius 3 is 2.89 bits per heavy atom. The van der Waals surface area contributed by atoms with Crippen LogP contribution in [0.1, 0.15) is 19.8 Å². The van der Waals surface area contributed by atoms with Crippen LogP contribution in [-0.4, -0.2) is 44.7 Å². The predicted molar refractivity (Wildman–Crippen MR) is 80.9 cm³/mol. The average Bonchev–Trinajstić information content (AvgIpc) is 2.38. The lowest BCUT2D eigenvalue weighted by Crippen LogP contribution is -2.41. The fourth-order valence-corrected chi connectivity index (χ4v) is 2.52. The third-order valence-electron chi connectivity index (χ3n) is 3.55. The molecule has 2 N–H and O–H groups in total. The maximum Gasteiger partial charge on any atom is 0.145 e. The topological polar surface area (TPSA) is 41.7 Å². The first kappa shape index (κ1) is 14.0. The Kier molecular flexibility index (Phi) is 4.53. The highest BCUT2D eigenvalue weighted by Gasteiger charge is 2.25. The van der Waals surface area contributed by atoms with Crippen LogP contribution in [0.25, 0.3) is 0 Å². The first-order valence-electron chi connectivity index (χ1n) is 7.06. The van der Waals surface area contributed by atoms with E-state index in [0.29, 0.717) is 0 Å². The summed E-state index contributed by atoms with van der Waals surface area (Å²) in [6.45, 7) is 5.22. The van der Waals surface area contributed by atoms with Crippen molar-refractivity contribution in [2.75, 3.05) is 44.4 Å². The summed E-state index contributed by atoms with van der Waals surface area (Å²) in [4.78, 5) is 4.60. The maximum atomic E-state index is 6.12. The molecule has 0 saturated carbocycles. The summed E-state index contributed by atoms with van der Waals surface area (Å²) >= 11 is 0. The molecule has 1 aliphatic heterocycles. The normalized spacial score (nSPS) is 18.3. The van der Waals surface area contributed by atoms with Gasteiger partial charge in [-0.2, -0.15) is 0 Å². The van der Waals surface area contributed by atoms with Gasteiger partial charge in [-0.15, -0.1) is 0 Å². The Morgan fingerprint density at radius 1 is 1.42 bits per heavy atom. The van der Waals surface area contributed by atoms with Gasteiger partial charge in [-0.25, -0.2) is 0 Å². The number of ether oxygens (including phenoxy) is 1. The molecule has 0 aliphatic carbocycles. The third kappa shape index (κ3) is 3.32. The number of benzene rings is 1. The summed E-state index contributed by atoms with van der Waals surface area (Å²) in [5, 5.41) is 0. The molecule has 0 fully saturated rings. The van der Waals surface area contributed by atoms with Gasteiger partial charge in [-0.05, 0) is 45.6 Å². The highest BCUT2D eigenvalue weighted by molar-refractivity contribution is 5.75. The van der Waals surface area contributed by atoms with Crippen molar-refractivity contribution in [3.63, 3.8) is 0 Å². The first-order valence-corrected chi connectivity index (χ1v) is 7.06. The third-order valence-corrected chi connectivity index (χ3v) is 3.55. The highest BCUT2D eigenvalue weighted by Crippen LogP contribution is 2.38. The molecule has 1 heterocycles. The summed E-state index contributed by atoms with van der Waals surface area (Å²) in [5.74, 6) is 0.933. The zero-order chi connectivity index (χ0) is 13.8. The molecule has 1 aromatic rings. The van der Waals surface area contributed by atoms with E-state index in [1.165, 1.54) is 0 Å². The molecule has 0 saturated heterocycles. The maximum absolute atomic E-state index is 6.12. The number of anilines is 2. The summed E-state index contributed by atoms with van der Waals surface area (Å²) in [7, 11) is 4.22. The molecule has 0 spiro atoms. The zero-order valence-corrected chi connectivity index (χ0v) is 12.2. The van der Waals surface area contributed by atoms with Gasteiger partial charge in [0.1, 0.15) is 17.5 Å². The first-order chi connectivity index (χ1) is 9.11. The molecule has 1 atom stereocenters. The molecule has 1 unspecified atom stereocenters. The van der Waals surface area contributed by atoms with Crippen molar-refractivity contribution in [1.29, 1.82) is 0 Å². The average molecular weight is 263 g/mol. The highest BCUT2D eigenvalue weighted by atomic mass is 16.5. The van der Waals surface area contributed by atoms with Crippen LogP contribution in [-0.2, 0) is 0 Å². The molecule has 4 heteroatoms. The van der Waals surface area contributed by atoms with E-state index in [2.05, 4.69) is 30.8 Å². The monoisotopic (exact) mass is 263 g/mol. The predicted octanol–water partition coefficient (Wildman–Crippen LogP) is 2.20. The lowest BCUT2D eigenvalue weighted by molar-refractivity contribution is 0.189. The number of nitrogens with two attached hydrogens (primary N) is 1. The summed E-state index contributed by atoms with van der Waals surface area (Å²) in [6, 6.07) is 5.93. The van der Waals surface area contributed by atoms with Gasteiger partial charge in [-0.1, -0.05) is 13.0 Å². The van der Waals surface area contributed by atoms with Gasteiger partial charge in [0.15, 0.2) is 0 Å². The van der Waals surface area contributed by atoms with Crippen LogP contribution in [0.4, 0.5) is 11.4 Å². The van der Waals surface area contributed by atoms with Gasteiger partial charge >= 0.3 is 0 Å². The molecule has 106 valence electrons. The molecular formula is C15H25N3O. The minimum atomic E-state index is 0.272. The van der Waals surface area contributed by atoms with Crippen LogP contribution in [0, 0.1) is 0 Å². The second-order valence-corrected chi connectivity index (χ2v) is 5.44. The number of nitrogens with zero attached hydrogens (tertiary/aromatic N) is 2. The second-order valence-electron chi connectivity index (χ2n) is 5.44. The van der Waals surface area contributed by atoms with Crippen molar-refractivity contribution in [3.05, 3.63) is 18.2 Å². The van der Waals surface area contributed by atoms with E-state index < -0.39 is 0 Å². The largest absolute Gasteiger partial charge is 0.486 e. The number of hydrogen-bond donors (Lipinski definition) is 1. The summed E-state index contributed by atoms with van der Waals surface area (Å²) in [6.07, 6.45) is 2.43. The number of rotatable bonds is 5. The van der Waals surface area contributed by atoms with Crippen molar-refractivity contribution >= 4 is 11.4 Å². The van der Waals surface area contributed by atoms with Crippen LogP contribution < -0.4 is 15.4 Å². The number of para-hydroxylation sites is 1. The van der Waals surface area contributed by atoms with Crippen LogP contribution in [0.3, 0.4) is 0 Å². The Hall–Kier alpha value is -1.42. The minimum absolute atomic E-state index is 0.272. The molecule has 1 aliphatic rings. The fourth-order valence-electron chi connectivity index (χ4n) is 2.52. The van der Waals surface area contributed by atoms with E-state index in [9.17, 15) is 0 Å². The Bertz CT molecular complexity index is 420. The zero-order valence-electron chi connectivity index (χ0n) is 12.2. The van der Waals surface area contributed by atoms with E-state index in [1.807, 2.05) is 18.2 Å². The lowest BCUT2D eigenvalue weighted by atomic mass is 10.1. The molecule has 19 heavy (non-hydrogen) atoms. The Morgan fingerprint density at radius 2 is 2.21 bits per heavy atom. The summed E-state index contributed by atoms with van der Waals surface area (Å²) in [5.41, 5.74) is 8.01. The molecule has 0 bridgehead atoms. The van der Waals surface area contributed by atoms with Crippen LogP contribution >= 0.6 is 0 Å². The minimum Gasteiger partial charge on any atom is -0.486 e. The number of fused-ring (bicyclic) bond motifs is 1. The fraction of sp³-hybridized carbons (Fsp3) is 0.600. The van der Waals surface area contributed by atoms with Crippen molar-refractivity contribution < 1.29 is 4.74 Å². The number of hydrogen-bond acceptors (Lipinski definition) is 4. The van der Waals surface area contributed by atoms with Crippen molar-refractivity contribution in [2.45, 2.75) is 25.9 Å². The van der Waals surface area contributed by atoms with Gasteiger partial charge in [-0.3, -0.25) is 0 Å². The molecule has 0 aromatic heterocycles. The molecular weight excluding hydrogens is 238 g/mol. The molecule has 4 nitrogen and oxygen atoms in total. The van der Waals surface area contributed by atoms with E-state index in [-0.39, 0.29) is 6.10 Å². The number of nitrogen functional groups attached to an aromatic ring is 1. The quantitative estimate of drug-likeness (QED) is 0.827. The Labute approximate surface area is 116 Å². The van der Waals surface area contributed by atoms with Gasteiger partial charge < -0.3 is 20.3 Å². The van der Waals surface area contributed by atoms with Gasteiger partial charge in [0.05, 0.1) is 12.2 Å². The van der Waals surface area contributed by atoms with Crippen LogP contribution in [0.2, 0.25) is 0 Å². The van der Waals surface area contributed by atoms with Crippen molar-refractivity contribution in [2.24, 2.45) is 0 Å². The van der Waals surface area contributed by atoms with Gasteiger partial charge in [0.2, 0.25) is 0 Å². The smallest absolute Gasteiger partial charge is 0.145 e. The van der Waals surface area contributed by atoms with Crippen molar-refractivity contribution in [1.82, 2.24) is 4.90 Å². The Balaban J connectivity index is 2.13. The van der Waals surface area contributed by atoms with Crippen molar-refractivity contribution in [3.8, 4) is 5.75 Å². The van der Waals surface area contributed by atoms with E-state index in [0.717, 1.165) is 49.6 Å². The lowest BCUT2D eigenvalue weighted by Gasteiger charge is -2.37. The molecule has 0 radical (unpaired) electrons. The molecule has 2 rings (SSSR count). The summed E-state index contributed by atoms with van der Waals surface area (Å²) < 4.78 is 5.99. The SMILES string of the molecule is CCC1CN(CCCN(C)C)c2c(N)cccc2O1.